The number of carboxylic acid groups (broad SMARTS) is 1. The summed E-state index contributed by atoms with van der Waals surface area (Å²) in [7, 11) is 0. The molecule has 1 fully saturated rings. The molecule has 94 valence electrons. The number of amides is 1. The van der Waals surface area contributed by atoms with Gasteiger partial charge in [-0.25, -0.2) is 4.79 Å². The number of nitriles is 1. The minimum atomic E-state index is -0.870. The zero-order valence-corrected chi connectivity index (χ0v) is 10.5. The third-order valence-electron chi connectivity index (χ3n) is 3.34. The molecule has 1 aromatic carbocycles. The summed E-state index contributed by atoms with van der Waals surface area (Å²) in [5.74, 6) is 0.243. The molecule has 0 radical (unpaired) electrons. The van der Waals surface area contributed by atoms with Gasteiger partial charge in [-0.15, -0.1) is 0 Å². The fourth-order valence-electron chi connectivity index (χ4n) is 2.36. The van der Waals surface area contributed by atoms with Crippen LogP contribution in [0.15, 0.2) is 18.2 Å². The van der Waals surface area contributed by atoms with E-state index in [2.05, 4.69) is 6.07 Å². The second-order valence-electron chi connectivity index (χ2n) is 4.39. The summed E-state index contributed by atoms with van der Waals surface area (Å²) in [4.78, 5) is 12.2. The van der Waals surface area contributed by atoms with Gasteiger partial charge in [0.05, 0.1) is 11.6 Å². The molecule has 0 spiro atoms. The van der Waals surface area contributed by atoms with E-state index in [4.69, 9.17) is 22.0 Å². The Morgan fingerprint density at radius 1 is 1.44 bits per heavy atom. The van der Waals surface area contributed by atoms with E-state index in [0.717, 1.165) is 18.4 Å². The summed E-state index contributed by atoms with van der Waals surface area (Å²) in [6.45, 7) is 1.04. The lowest BCUT2D eigenvalue weighted by Crippen LogP contribution is -2.36. The highest BCUT2D eigenvalue weighted by Gasteiger charge is 2.24. The van der Waals surface area contributed by atoms with Gasteiger partial charge in [0.25, 0.3) is 0 Å². The molecule has 1 aromatic rings. The highest BCUT2D eigenvalue weighted by atomic mass is 35.5. The molecule has 0 bridgehead atoms. The molecule has 1 amide bonds. The Hall–Kier alpha value is -1.73. The Morgan fingerprint density at radius 2 is 2.11 bits per heavy atom. The summed E-state index contributed by atoms with van der Waals surface area (Å²) in [5.41, 5.74) is 1.57. The van der Waals surface area contributed by atoms with Gasteiger partial charge in [-0.1, -0.05) is 17.7 Å². The fraction of sp³-hybridized carbons (Fsp3) is 0.385. The first-order chi connectivity index (χ1) is 8.61. The standard InChI is InChI=1S/C13H13ClN2O2/c14-11-1-2-12(10(7-11)8-15)9-3-5-16(6-4-9)13(17)18/h1-2,7,9H,3-6H2,(H,17,18). The molecule has 5 heteroatoms. The molecular weight excluding hydrogens is 252 g/mol. The first-order valence-electron chi connectivity index (χ1n) is 5.79. The summed E-state index contributed by atoms with van der Waals surface area (Å²) >= 11 is 5.86. The normalized spacial score (nSPS) is 16.3. The topological polar surface area (TPSA) is 64.3 Å². The van der Waals surface area contributed by atoms with Crippen molar-refractivity contribution in [2.45, 2.75) is 18.8 Å². The fourth-order valence-corrected chi connectivity index (χ4v) is 2.54. The molecule has 18 heavy (non-hydrogen) atoms. The highest BCUT2D eigenvalue weighted by molar-refractivity contribution is 6.30. The van der Waals surface area contributed by atoms with Gasteiger partial charge in [-0.05, 0) is 36.5 Å². The van der Waals surface area contributed by atoms with Crippen LogP contribution in [-0.2, 0) is 0 Å². The molecule has 4 nitrogen and oxygen atoms in total. The van der Waals surface area contributed by atoms with Crippen LogP contribution in [-0.4, -0.2) is 29.2 Å². The number of rotatable bonds is 1. The molecule has 0 aliphatic carbocycles. The minimum absolute atomic E-state index is 0.243. The molecule has 2 rings (SSSR count). The first-order valence-corrected chi connectivity index (χ1v) is 6.17. The third kappa shape index (κ3) is 2.57. The van der Waals surface area contributed by atoms with Gasteiger partial charge in [0.1, 0.15) is 0 Å². The van der Waals surface area contributed by atoms with Crippen LogP contribution in [0.4, 0.5) is 4.79 Å². The van der Waals surface area contributed by atoms with E-state index in [1.807, 2.05) is 6.07 Å². The molecule has 0 aromatic heterocycles. The average Bonchev–Trinajstić information content (AvgIpc) is 2.38. The molecule has 1 heterocycles. The number of carbonyl (C=O) groups is 1. The maximum atomic E-state index is 10.8. The molecule has 1 aliphatic heterocycles. The van der Waals surface area contributed by atoms with E-state index in [-0.39, 0.29) is 5.92 Å². The van der Waals surface area contributed by atoms with Crippen molar-refractivity contribution in [3.63, 3.8) is 0 Å². The third-order valence-corrected chi connectivity index (χ3v) is 3.58. The largest absolute Gasteiger partial charge is 0.465 e. The van der Waals surface area contributed by atoms with Gasteiger partial charge < -0.3 is 10.0 Å². The Labute approximate surface area is 110 Å². The quantitative estimate of drug-likeness (QED) is 0.848. The zero-order chi connectivity index (χ0) is 13.1. The van der Waals surface area contributed by atoms with E-state index < -0.39 is 6.09 Å². The molecular formula is C13H13ClN2O2. The SMILES string of the molecule is N#Cc1cc(Cl)ccc1C1CCN(C(=O)O)CC1. The summed E-state index contributed by atoms with van der Waals surface area (Å²) in [6.07, 6.45) is 0.635. The van der Waals surface area contributed by atoms with Crippen LogP contribution in [0.3, 0.4) is 0 Å². The van der Waals surface area contributed by atoms with Crippen molar-refractivity contribution in [2.24, 2.45) is 0 Å². The number of nitrogens with zero attached hydrogens (tertiary/aromatic N) is 2. The van der Waals surface area contributed by atoms with Crippen molar-refractivity contribution < 1.29 is 9.90 Å². The predicted octanol–water partition coefficient (Wildman–Crippen LogP) is 3.07. The van der Waals surface area contributed by atoms with E-state index in [1.165, 1.54) is 4.90 Å². The van der Waals surface area contributed by atoms with Crippen molar-refractivity contribution in [3.8, 4) is 6.07 Å². The van der Waals surface area contributed by atoms with Crippen molar-refractivity contribution in [3.05, 3.63) is 34.3 Å². The van der Waals surface area contributed by atoms with Crippen LogP contribution >= 0.6 is 11.6 Å². The van der Waals surface area contributed by atoms with Crippen LogP contribution in [0.2, 0.25) is 5.02 Å². The lowest BCUT2D eigenvalue weighted by molar-refractivity contribution is 0.132. The molecule has 1 N–H and O–H groups in total. The molecule has 1 saturated heterocycles. The second kappa shape index (κ2) is 5.28. The maximum absolute atomic E-state index is 10.8. The van der Waals surface area contributed by atoms with Gasteiger partial charge >= 0.3 is 6.09 Å². The summed E-state index contributed by atoms with van der Waals surface area (Å²) < 4.78 is 0. The molecule has 0 unspecified atom stereocenters. The van der Waals surface area contributed by atoms with Gasteiger partial charge in [-0.2, -0.15) is 5.26 Å². The number of benzene rings is 1. The smallest absolute Gasteiger partial charge is 0.407 e. The highest BCUT2D eigenvalue weighted by Crippen LogP contribution is 2.31. The van der Waals surface area contributed by atoms with Crippen LogP contribution < -0.4 is 0 Å². The van der Waals surface area contributed by atoms with Gasteiger partial charge in [0.2, 0.25) is 0 Å². The van der Waals surface area contributed by atoms with Gasteiger partial charge in [-0.3, -0.25) is 0 Å². The van der Waals surface area contributed by atoms with E-state index in [0.29, 0.717) is 23.7 Å². The molecule has 0 atom stereocenters. The minimum Gasteiger partial charge on any atom is -0.465 e. The Balaban J connectivity index is 2.15. The number of halogens is 1. The van der Waals surface area contributed by atoms with Crippen molar-refractivity contribution in [1.29, 1.82) is 5.26 Å². The average molecular weight is 265 g/mol. The molecule has 1 aliphatic rings. The van der Waals surface area contributed by atoms with E-state index >= 15 is 0 Å². The van der Waals surface area contributed by atoms with Crippen molar-refractivity contribution in [2.75, 3.05) is 13.1 Å². The number of piperidine rings is 1. The Bertz CT molecular complexity index is 502. The zero-order valence-electron chi connectivity index (χ0n) is 9.77. The second-order valence-corrected chi connectivity index (χ2v) is 4.82. The lowest BCUT2D eigenvalue weighted by atomic mass is 9.87. The van der Waals surface area contributed by atoms with E-state index in [1.54, 1.807) is 12.1 Å². The number of hydrogen-bond acceptors (Lipinski definition) is 2. The number of hydrogen-bond donors (Lipinski definition) is 1. The van der Waals surface area contributed by atoms with Crippen LogP contribution in [0.1, 0.15) is 29.9 Å². The predicted molar refractivity (Wildman–Crippen MR) is 67.7 cm³/mol. The Morgan fingerprint density at radius 3 is 2.67 bits per heavy atom. The first kappa shape index (κ1) is 12.7. The van der Waals surface area contributed by atoms with Crippen LogP contribution in [0.25, 0.3) is 0 Å². The number of likely N-dealkylation sites (tertiary alicyclic amines) is 1. The van der Waals surface area contributed by atoms with Gasteiger partial charge in [0.15, 0.2) is 0 Å². The molecule has 0 saturated carbocycles. The van der Waals surface area contributed by atoms with Crippen LogP contribution in [0.5, 0.6) is 0 Å². The maximum Gasteiger partial charge on any atom is 0.407 e. The summed E-state index contributed by atoms with van der Waals surface area (Å²) in [6, 6.07) is 7.48. The lowest BCUT2D eigenvalue weighted by Gasteiger charge is -2.30. The Kier molecular flexibility index (Phi) is 3.73. The summed E-state index contributed by atoms with van der Waals surface area (Å²) in [5, 5.41) is 18.5. The van der Waals surface area contributed by atoms with Crippen molar-refractivity contribution >= 4 is 17.7 Å². The van der Waals surface area contributed by atoms with Crippen molar-refractivity contribution in [1.82, 2.24) is 4.90 Å². The van der Waals surface area contributed by atoms with Crippen LogP contribution in [0, 0.1) is 11.3 Å². The monoisotopic (exact) mass is 264 g/mol. The van der Waals surface area contributed by atoms with E-state index in [9.17, 15) is 4.79 Å². The van der Waals surface area contributed by atoms with Gasteiger partial charge in [0, 0.05) is 18.1 Å².